The molecule has 0 unspecified atom stereocenters. The van der Waals surface area contributed by atoms with Crippen molar-refractivity contribution in [1.82, 2.24) is 4.90 Å². The van der Waals surface area contributed by atoms with Crippen LogP contribution in [0.4, 0.5) is 8.78 Å². The van der Waals surface area contributed by atoms with Gasteiger partial charge in [-0.15, -0.1) is 0 Å². The van der Waals surface area contributed by atoms with Gasteiger partial charge in [0.25, 0.3) is 5.91 Å². The molecule has 2 aromatic rings. The van der Waals surface area contributed by atoms with Crippen LogP contribution in [-0.2, 0) is 16.0 Å². The average molecular weight is 398 g/mol. The van der Waals surface area contributed by atoms with Gasteiger partial charge in [0, 0.05) is 17.9 Å². The van der Waals surface area contributed by atoms with E-state index in [9.17, 15) is 13.6 Å². The van der Waals surface area contributed by atoms with Crippen LogP contribution in [0.25, 0.3) is 10.4 Å². The van der Waals surface area contributed by atoms with Gasteiger partial charge in [-0.2, -0.15) is 0 Å². The molecule has 150 valence electrons. The van der Waals surface area contributed by atoms with Gasteiger partial charge in [-0.1, -0.05) is 41.5 Å². The van der Waals surface area contributed by atoms with E-state index in [-0.39, 0.29) is 24.8 Å². The fourth-order valence-electron chi connectivity index (χ4n) is 4.09. The van der Waals surface area contributed by atoms with E-state index < -0.39 is 24.4 Å². The second kappa shape index (κ2) is 8.19. The highest BCUT2D eigenvalue weighted by Gasteiger charge is 2.40. The van der Waals surface area contributed by atoms with E-state index in [1.54, 1.807) is 17.0 Å². The summed E-state index contributed by atoms with van der Waals surface area (Å²) in [5.41, 5.74) is 11.4. The summed E-state index contributed by atoms with van der Waals surface area (Å²) in [6.45, 7) is 0.321. The summed E-state index contributed by atoms with van der Waals surface area (Å²) >= 11 is 0. The number of azide groups is 1. The number of amides is 1. The number of hydrogen-bond acceptors (Lipinski definition) is 3. The number of benzene rings is 2. The lowest BCUT2D eigenvalue weighted by molar-refractivity contribution is -0.152. The van der Waals surface area contributed by atoms with Gasteiger partial charge in [0.2, 0.25) is 0 Å². The number of hydrogen-bond donors (Lipinski definition) is 0. The van der Waals surface area contributed by atoms with Gasteiger partial charge in [0.1, 0.15) is 18.1 Å². The summed E-state index contributed by atoms with van der Waals surface area (Å²) in [4.78, 5) is 17.6. The number of halogens is 2. The second-order valence-corrected chi connectivity index (χ2v) is 7.28. The number of nitrogens with zero attached hydrogens (tertiary/aromatic N) is 4. The van der Waals surface area contributed by atoms with Gasteiger partial charge < -0.3 is 9.64 Å². The smallest absolute Gasteiger partial charge is 0.252 e. The number of carbonyl (C=O) groups is 1. The first-order chi connectivity index (χ1) is 14.1. The second-order valence-electron chi connectivity index (χ2n) is 7.28. The molecule has 1 amide bonds. The largest absolute Gasteiger partial charge is 0.368 e. The van der Waals surface area contributed by atoms with E-state index >= 15 is 0 Å². The summed E-state index contributed by atoms with van der Waals surface area (Å²) in [5, 5.41) is 3.39. The Hall–Kier alpha value is -2.96. The molecule has 2 heterocycles. The number of rotatable bonds is 3. The van der Waals surface area contributed by atoms with Crippen LogP contribution in [0.3, 0.4) is 0 Å². The molecule has 0 N–H and O–H groups in total. The number of ether oxygens (including phenoxy) is 1. The Morgan fingerprint density at radius 1 is 1.21 bits per heavy atom. The molecule has 6 nitrogen and oxygen atoms in total. The number of fused-ring (bicyclic) bond motifs is 1. The van der Waals surface area contributed by atoms with Crippen LogP contribution < -0.4 is 0 Å². The maximum absolute atomic E-state index is 14.4. The fraction of sp³-hybridized carbons (Fsp3) is 0.381. The lowest BCUT2D eigenvalue weighted by Gasteiger charge is -2.40. The van der Waals surface area contributed by atoms with Crippen molar-refractivity contribution in [2.45, 2.75) is 37.2 Å². The minimum absolute atomic E-state index is 0.132. The van der Waals surface area contributed by atoms with E-state index in [4.69, 9.17) is 10.3 Å². The zero-order chi connectivity index (χ0) is 20.4. The fourth-order valence-corrected chi connectivity index (χ4v) is 4.09. The topological polar surface area (TPSA) is 78.3 Å². The Labute approximate surface area is 166 Å². The molecular formula is C21H20F2N4O2. The van der Waals surface area contributed by atoms with Crippen LogP contribution in [0.15, 0.2) is 53.6 Å². The molecule has 29 heavy (non-hydrogen) atoms. The van der Waals surface area contributed by atoms with Crippen LogP contribution in [0.2, 0.25) is 0 Å². The molecule has 1 saturated heterocycles. The number of carbonyl (C=O) groups excluding carboxylic acids is 1. The van der Waals surface area contributed by atoms with Gasteiger partial charge in [-0.25, -0.2) is 8.78 Å². The highest BCUT2D eigenvalue weighted by atomic mass is 19.1. The molecule has 0 spiro atoms. The van der Waals surface area contributed by atoms with Crippen LogP contribution in [0.5, 0.6) is 0 Å². The number of alkyl halides is 1. The van der Waals surface area contributed by atoms with Crippen LogP contribution in [0.1, 0.15) is 29.2 Å². The summed E-state index contributed by atoms with van der Waals surface area (Å²) in [5.74, 6) is -0.661. The van der Waals surface area contributed by atoms with Crippen LogP contribution in [-0.4, -0.2) is 42.3 Å². The van der Waals surface area contributed by atoms with Crippen molar-refractivity contribution in [2.24, 2.45) is 5.11 Å². The Morgan fingerprint density at radius 3 is 2.69 bits per heavy atom. The van der Waals surface area contributed by atoms with Crippen molar-refractivity contribution in [3.05, 3.63) is 81.5 Å². The Balaban J connectivity index is 1.64. The van der Waals surface area contributed by atoms with Crippen molar-refractivity contribution in [3.8, 4) is 0 Å². The predicted molar refractivity (Wildman–Crippen MR) is 102 cm³/mol. The Morgan fingerprint density at radius 2 is 1.97 bits per heavy atom. The maximum Gasteiger partial charge on any atom is 0.252 e. The van der Waals surface area contributed by atoms with E-state index in [0.29, 0.717) is 13.0 Å². The first kappa shape index (κ1) is 19.4. The summed E-state index contributed by atoms with van der Waals surface area (Å²) in [6.07, 6.45) is -1.86. The molecule has 2 aliphatic heterocycles. The summed E-state index contributed by atoms with van der Waals surface area (Å²) < 4.78 is 33.4. The summed E-state index contributed by atoms with van der Waals surface area (Å²) in [6, 6.07) is 12.6. The van der Waals surface area contributed by atoms with Gasteiger partial charge in [-0.05, 0) is 40.8 Å². The van der Waals surface area contributed by atoms with Gasteiger partial charge in [0.15, 0.2) is 0 Å². The Kier molecular flexibility index (Phi) is 5.47. The van der Waals surface area contributed by atoms with Crippen LogP contribution in [0, 0.1) is 5.82 Å². The lowest BCUT2D eigenvalue weighted by Crippen LogP contribution is -2.50. The zero-order valence-corrected chi connectivity index (χ0v) is 15.6. The van der Waals surface area contributed by atoms with Crippen molar-refractivity contribution in [2.75, 3.05) is 13.2 Å². The standard InChI is InChI=1S/C21H20F2N4O2/c22-15-7-5-14(6-8-15)20-16-4-2-1-3-13(16)9-10-27(20)21(28)19-11-17(23)18(12-29-19)25-26-24/h1-8,17-20H,9-12H2/t17-,18+,19+,20+/m1/s1. The molecule has 2 aliphatic rings. The van der Waals surface area contributed by atoms with Gasteiger partial charge in [0.05, 0.1) is 18.7 Å². The van der Waals surface area contributed by atoms with Crippen molar-refractivity contribution >= 4 is 5.91 Å². The highest BCUT2D eigenvalue weighted by Crippen LogP contribution is 2.36. The summed E-state index contributed by atoms with van der Waals surface area (Å²) in [7, 11) is 0. The minimum atomic E-state index is -1.44. The zero-order valence-electron chi connectivity index (χ0n) is 15.6. The van der Waals surface area contributed by atoms with Gasteiger partial charge >= 0.3 is 0 Å². The molecule has 8 heteroatoms. The molecule has 0 bridgehead atoms. The normalized spacial score (nSPS) is 26.3. The molecule has 4 atom stereocenters. The molecule has 2 aromatic carbocycles. The lowest BCUT2D eigenvalue weighted by atomic mass is 9.87. The first-order valence-electron chi connectivity index (χ1n) is 9.52. The van der Waals surface area contributed by atoms with E-state index in [0.717, 1.165) is 16.7 Å². The molecule has 0 aliphatic carbocycles. The maximum atomic E-state index is 14.4. The highest BCUT2D eigenvalue weighted by molar-refractivity contribution is 5.82. The van der Waals surface area contributed by atoms with E-state index in [2.05, 4.69) is 10.0 Å². The third-order valence-electron chi connectivity index (χ3n) is 5.55. The monoisotopic (exact) mass is 398 g/mol. The average Bonchev–Trinajstić information content (AvgIpc) is 2.74. The van der Waals surface area contributed by atoms with Crippen molar-refractivity contribution < 1.29 is 18.3 Å². The minimum Gasteiger partial charge on any atom is -0.368 e. The molecule has 0 aromatic heterocycles. The predicted octanol–water partition coefficient (Wildman–Crippen LogP) is 4.11. The van der Waals surface area contributed by atoms with Crippen LogP contribution >= 0.6 is 0 Å². The molecule has 0 saturated carbocycles. The van der Waals surface area contributed by atoms with E-state index in [1.807, 2.05) is 24.3 Å². The molecule has 1 fully saturated rings. The molecule has 0 radical (unpaired) electrons. The van der Waals surface area contributed by atoms with Gasteiger partial charge in [-0.3, -0.25) is 4.79 Å². The van der Waals surface area contributed by atoms with Crippen molar-refractivity contribution in [1.29, 1.82) is 0 Å². The Bertz CT molecular complexity index is 946. The molecule has 4 rings (SSSR count). The van der Waals surface area contributed by atoms with Crippen molar-refractivity contribution in [3.63, 3.8) is 0 Å². The third kappa shape index (κ3) is 3.81. The SMILES string of the molecule is [N-]=[N+]=N[C@H]1CO[C@H](C(=O)N2CCc3ccccc3[C@@H]2c2ccc(F)cc2)C[C@H]1F. The quantitative estimate of drug-likeness (QED) is 0.443. The third-order valence-corrected chi connectivity index (χ3v) is 5.55. The van der Waals surface area contributed by atoms with E-state index in [1.165, 1.54) is 12.1 Å². The first-order valence-corrected chi connectivity index (χ1v) is 9.52. The molecular weight excluding hydrogens is 378 g/mol.